The zero-order valence-electron chi connectivity index (χ0n) is 9.96. The van der Waals surface area contributed by atoms with Gasteiger partial charge < -0.3 is 15.3 Å². The first kappa shape index (κ1) is 14.4. The molecule has 0 aliphatic carbocycles. The van der Waals surface area contributed by atoms with E-state index in [0.29, 0.717) is 6.42 Å². The van der Waals surface area contributed by atoms with Crippen LogP contribution in [0.5, 0.6) is 0 Å². The van der Waals surface area contributed by atoms with Crippen molar-refractivity contribution >= 4 is 5.91 Å². The van der Waals surface area contributed by atoms with E-state index >= 15 is 0 Å². The minimum Gasteiger partial charge on any atom is -0.396 e. The molecule has 0 atom stereocenters. The number of carbonyl (C=O) groups excluding carboxylic acids is 1. The van der Waals surface area contributed by atoms with E-state index in [0.717, 1.165) is 38.8 Å². The van der Waals surface area contributed by atoms with Crippen LogP contribution in [0.4, 0.5) is 0 Å². The van der Waals surface area contributed by atoms with Crippen LogP contribution in [-0.4, -0.2) is 49.7 Å². The maximum absolute atomic E-state index is 11.2. The van der Waals surface area contributed by atoms with Gasteiger partial charge in [0.15, 0.2) is 0 Å². The maximum Gasteiger partial charge on any atom is 0.222 e. The molecule has 0 fully saturated rings. The lowest BCUT2D eigenvalue weighted by molar-refractivity contribution is -0.128. The van der Waals surface area contributed by atoms with Crippen LogP contribution in [0.15, 0.2) is 0 Å². The molecule has 15 heavy (non-hydrogen) atoms. The number of amides is 1. The van der Waals surface area contributed by atoms with Crippen molar-refractivity contribution in [1.29, 1.82) is 0 Å². The number of aliphatic hydroxyl groups excluding tert-OH is 1. The molecule has 0 unspecified atom stereocenters. The Morgan fingerprint density at radius 1 is 1.13 bits per heavy atom. The molecule has 0 aliphatic heterocycles. The van der Waals surface area contributed by atoms with Crippen molar-refractivity contribution in [2.24, 2.45) is 0 Å². The molecule has 0 bridgehead atoms. The van der Waals surface area contributed by atoms with Crippen LogP contribution in [0.2, 0.25) is 0 Å². The second-order valence-corrected chi connectivity index (χ2v) is 3.93. The van der Waals surface area contributed by atoms with E-state index < -0.39 is 0 Å². The molecular weight excluding hydrogens is 192 g/mol. The van der Waals surface area contributed by atoms with Crippen LogP contribution < -0.4 is 5.32 Å². The number of unbranched alkanes of at least 4 members (excludes halogenated alkanes) is 2. The van der Waals surface area contributed by atoms with Gasteiger partial charge in [0.25, 0.3) is 0 Å². The van der Waals surface area contributed by atoms with Gasteiger partial charge in [-0.25, -0.2) is 0 Å². The Kier molecular flexibility index (Phi) is 9.52. The third-order valence-electron chi connectivity index (χ3n) is 2.25. The first-order valence-corrected chi connectivity index (χ1v) is 5.70. The summed E-state index contributed by atoms with van der Waals surface area (Å²) in [5, 5.41) is 11.8. The number of carbonyl (C=O) groups is 1. The maximum atomic E-state index is 11.2. The van der Waals surface area contributed by atoms with E-state index in [1.807, 2.05) is 0 Å². The zero-order valence-corrected chi connectivity index (χ0v) is 9.96. The molecule has 0 aliphatic rings. The molecule has 0 saturated carbocycles. The van der Waals surface area contributed by atoms with Gasteiger partial charge in [0.1, 0.15) is 0 Å². The zero-order chi connectivity index (χ0) is 11.5. The summed E-state index contributed by atoms with van der Waals surface area (Å²) in [7, 11) is 3.56. The van der Waals surface area contributed by atoms with E-state index in [9.17, 15) is 4.79 Å². The highest BCUT2D eigenvalue weighted by Crippen LogP contribution is 1.94. The van der Waals surface area contributed by atoms with E-state index in [4.69, 9.17) is 5.11 Å². The lowest BCUT2D eigenvalue weighted by atomic mass is 10.2. The first-order valence-electron chi connectivity index (χ1n) is 5.70. The normalized spacial score (nSPS) is 10.3. The Hall–Kier alpha value is -0.610. The Morgan fingerprint density at radius 3 is 2.40 bits per heavy atom. The van der Waals surface area contributed by atoms with E-state index in [1.165, 1.54) is 0 Å². The summed E-state index contributed by atoms with van der Waals surface area (Å²) in [5.74, 6) is 0.192. The second-order valence-electron chi connectivity index (χ2n) is 3.93. The summed E-state index contributed by atoms with van der Waals surface area (Å²) in [5.41, 5.74) is 0. The van der Waals surface area contributed by atoms with Gasteiger partial charge in [0, 0.05) is 27.1 Å². The lowest BCUT2D eigenvalue weighted by Gasteiger charge is -2.09. The molecular formula is C11H24N2O2. The third kappa shape index (κ3) is 9.69. The van der Waals surface area contributed by atoms with Crippen LogP contribution >= 0.6 is 0 Å². The van der Waals surface area contributed by atoms with Crippen LogP contribution in [0, 0.1) is 0 Å². The van der Waals surface area contributed by atoms with Gasteiger partial charge in [-0.3, -0.25) is 4.79 Å². The molecule has 90 valence electrons. The van der Waals surface area contributed by atoms with Crippen molar-refractivity contribution in [3.63, 3.8) is 0 Å². The van der Waals surface area contributed by atoms with Gasteiger partial charge in [-0.15, -0.1) is 0 Å². The molecule has 0 heterocycles. The van der Waals surface area contributed by atoms with Crippen LogP contribution in [0.3, 0.4) is 0 Å². The minimum atomic E-state index is 0.192. The lowest BCUT2D eigenvalue weighted by Crippen LogP contribution is -2.23. The fourth-order valence-electron chi connectivity index (χ4n) is 1.25. The SMILES string of the molecule is CN(C)C(=O)CCCNCCCCCO. The van der Waals surface area contributed by atoms with Crippen molar-refractivity contribution in [1.82, 2.24) is 10.2 Å². The number of nitrogens with one attached hydrogen (secondary N) is 1. The van der Waals surface area contributed by atoms with Gasteiger partial charge in [-0.05, 0) is 38.8 Å². The fourth-order valence-corrected chi connectivity index (χ4v) is 1.25. The molecule has 0 aromatic carbocycles. The molecule has 4 heteroatoms. The highest BCUT2D eigenvalue weighted by atomic mass is 16.2. The van der Waals surface area contributed by atoms with Crippen molar-refractivity contribution in [2.75, 3.05) is 33.8 Å². The van der Waals surface area contributed by atoms with Crippen LogP contribution in [0.1, 0.15) is 32.1 Å². The van der Waals surface area contributed by atoms with Crippen molar-refractivity contribution in [3.8, 4) is 0 Å². The average Bonchev–Trinajstić information content (AvgIpc) is 2.21. The summed E-state index contributed by atoms with van der Waals surface area (Å²) >= 11 is 0. The number of rotatable bonds is 9. The standard InChI is InChI=1S/C11H24N2O2/c1-13(2)11(15)7-6-9-12-8-4-3-5-10-14/h12,14H,3-10H2,1-2H3. The van der Waals surface area contributed by atoms with Crippen molar-refractivity contribution in [2.45, 2.75) is 32.1 Å². The van der Waals surface area contributed by atoms with E-state index in [-0.39, 0.29) is 12.5 Å². The summed E-state index contributed by atoms with van der Waals surface area (Å²) in [4.78, 5) is 12.8. The minimum absolute atomic E-state index is 0.192. The van der Waals surface area contributed by atoms with Crippen molar-refractivity contribution < 1.29 is 9.90 Å². The van der Waals surface area contributed by atoms with Gasteiger partial charge in [-0.1, -0.05) is 0 Å². The predicted molar refractivity (Wildman–Crippen MR) is 61.7 cm³/mol. The summed E-state index contributed by atoms with van der Waals surface area (Å²) in [6.45, 7) is 2.17. The Bertz CT molecular complexity index is 161. The molecule has 0 radical (unpaired) electrons. The topological polar surface area (TPSA) is 52.6 Å². The second kappa shape index (κ2) is 9.93. The number of nitrogens with zero attached hydrogens (tertiary/aromatic N) is 1. The third-order valence-corrected chi connectivity index (χ3v) is 2.25. The highest BCUT2D eigenvalue weighted by Gasteiger charge is 2.01. The van der Waals surface area contributed by atoms with Crippen LogP contribution in [0.25, 0.3) is 0 Å². The van der Waals surface area contributed by atoms with E-state index in [1.54, 1.807) is 19.0 Å². The highest BCUT2D eigenvalue weighted by molar-refractivity contribution is 5.75. The van der Waals surface area contributed by atoms with Crippen LogP contribution in [-0.2, 0) is 4.79 Å². The van der Waals surface area contributed by atoms with Gasteiger partial charge >= 0.3 is 0 Å². The Balaban J connectivity index is 3.08. The molecule has 2 N–H and O–H groups in total. The Labute approximate surface area is 92.7 Å². The predicted octanol–water partition coefficient (Wildman–Crippen LogP) is 0.607. The summed E-state index contributed by atoms with van der Waals surface area (Å²) in [6, 6.07) is 0. The molecule has 0 spiro atoms. The van der Waals surface area contributed by atoms with Gasteiger partial charge in [0.2, 0.25) is 5.91 Å². The molecule has 1 amide bonds. The van der Waals surface area contributed by atoms with Gasteiger partial charge in [-0.2, -0.15) is 0 Å². The smallest absolute Gasteiger partial charge is 0.222 e. The molecule has 4 nitrogen and oxygen atoms in total. The number of hydrogen-bond acceptors (Lipinski definition) is 3. The average molecular weight is 216 g/mol. The Morgan fingerprint density at radius 2 is 1.80 bits per heavy atom. The summed E-state index contributed by atoms with van der Waals surface area (Å²) in [6.07, 6.45) is 4.58. The largest absolute Gasteiger partial charge is 0.396 e. The van der Waals surface area contributed by atoms with Gasteiger partial charge in [0.05, 0.1) is 0 Å². The molecule has 0 saturated heterocycles. The van der Waals surface area contributed by atoms with Crippen molar-refractivity contribution in [3.05, 3.63) is 0 Å². The fraction of sp³-hybridized carbons (Fsp3) is 0.909. The molecule has 0 aromatic rings. The quantitative estimate of drug-likeness (QED) is 0.555. The monoisotopic (exact) mass is 216 g/mol. The molecule has 0 rings (SSSR count). The first-order chi connectivity index (χ1) is 7.18. The summed E-state index contributed by atoms with van der Waals surface area (Å²) < 4.78 is 0. The molecule has 0 aromatic heterocycles. The van der Waals surface area contributed by atoms with E-state index in [2.05, 4.69) is 5.32 Å². The number of hydrogen-bond donors (Lipinski definition) is 2. The number of aliphatic hydroxyl groups is 1.